The van der Waals surface area contributed by atoms with E-state index in [0.717, 1.165) is 37.2 Å². The fourth-order valence-electron chi connectivity index (χ4n) is 3.74. The smallest absolute Gasteiger partial charge is 0.317 e. The van der Waals surface area contributed by atoms with Crippen molar-refractivity contribution < 1.29 is 14.6 Å². The number of benzene rings is 2. The van der Waals surface area contributed by atoms with Crippen LogP contribution in [0.1, 0.15) is 24.0 Å². The second-order valence-corrected chi connectivity index (χ2v) is 7.20. The summed E-state index contributed by atoms with van der Waals surface area (Å²) in [6, 6.07) is 16.8. The van der Waals surface area contributed by atoms with E-state index in [4.69, 9.17) is 4.74 Å². The molecule has 0 unspecified atom stereocenters. The van der Waals surface area contributed by atoms with Crippen LogP contribution < -0.4 is 9.64 Å². The van der Waals surface area contributed by atoms with Crippen LogP contribution in [0.25, 0.3) is 0 Å². The number of carbonyl (C=O) groups is 1. The van der Waals surface area contributed by atoms with Crippen molar-refractivity contribution in [1.29, 1.82) is 0 Å². The van der Waals surface area contributed by atoms with Crippen molar-refractivity contribution >= 4 is 11.7 Å². The molecule has 0 spiro atoms. The van der Waals surface area contributed by atoms with E-state index in [1.807, 2.05) is 24.3 Å². The molecule has 0 radical (unpaired) electrons. The molecule has 0 aliphatic carbocycles. The molecule has 0 aromatic heterocycles. The summed E-state index contributed by atoms with van der Waals surface area (Å²) < 4.78 is 5.29. The maximum Gasteiger partial charge on any atom is 0.317 e. The molecule has 1 fully saturated rings. The molecule has 1 saturated heterocycles. The van der Waals surface area contributed by atoms with E-state index in [1.54, 1.807) is 7.11 Å². The maximum atomic E-state index is 11.4. The van der Waals surface area contributed by atoms with Crippen molar-refractivity contribution in [1.82, 2.24) is 4.90 Å². The number of nitrogens with zero attached hydrogens (tertiary/aromatic N) is 2. The number of piperidine rings is 1. The number of hydrogen-bond donors (Lipinski definition) is 1. The number of aliphatic carboxylic acids is 1. The standard InChI is InChI=1S/C22H28N2O3/c1-17-6-8-19(9-7-17)23-12-10-20(11-13-23)24(16-22(25)26)15-18-4-3-5-21(14-18)27-2/h3-9,14,20H,10-13,15-16H2,1-2H3,(H,25,26). The molecule has 0 amide bonds. The van der Waals surface area contributed by atoms with Crippen molar-refractivity contribution in [3.05, 3.63) is 59.7 Å². The van der Waals surface area contributed by atoms with Gasteiger partial charge in [0.2, 0.25) is 0 Å². The van der Waals surface area contributed by atoms with Gasteiger partial charge in [0.25, 0.3) is 0 Å². The van der Waals surface area contributed by atoms with Crippen LogP contribution in [0.2, 0.25) is 0 Å². The van der Waals surface area contributed by atoms with Gasteiger partial charge in [-0.05, 0) is 49.6 Å². The average molecular weight is 368 g/mol. The van der Waals surface area contributed by atoms with Crippen molar-refractivity contribution in [3.63, 3.8) is 0 Å². The zero-order valence-corrected chi connectivity index (χ0v) is 16.1. The molecule has 1 heterocycles. The highest BCUT2D eigenvalue weighted by Gasteiger charge is 2.26. The van der Waals surface area contributed by atoms with Gasteiger partial charge in [0.1, 0.15) is 5.75 Å². The number of carboxylic acid groups (broad SMARTS) is 1. The lowest BCUT2D eigenvalue weighted by Crippen LogP contribution is -2.46. The lowest BCUT2D eigenvalue weighted by Gasteiger charge is -2.39. The SMILES string of the molecule is COc1cccc(CN(CC(=O)O)C2CCN(c3ccc(C)cc3)CC2)c1. The highest BCUT2D eigenvalue weighted by molar-refractivity contribution is 5.69. The van der Waals surface area contributed by atoms with E-state index in [0.29, 0.717) is 6.54 Å². The largest absolute Gasteiger partial charge is 0.497 e. The molecule has 144 valence electrons. The zero-order valence-electron chi connectivity index (χ0n) is 16.1. The van der Waals surface area contributed by atoms with E-state index in [9.17, 15) is 9.90 Å². The molecule has 1 aliphatic rings. The maximum absolute atomic E-state index is 11.4. The summed E-state index contributed by atoms with van der Waals surface area (Å²) in [5.74, 6) is 0.0239. The third-order valence-electron chi connectivity index (χ3n) is 5.24. The van der Waals surface area contributed by atoms with Crippen LogP contribution in [0.3, 0.4) is 0 Å². The molecule has 5 nitrogen and oxygen atoms in total. The molecule has 1 N–H and O–H groups in total. The predicted molar refractivity (Wildman–Crippen MR) is 107 cm³/mol. The third kappa shape index (κ3) is 5.23. The van der Waals surface area contributed by atoms with Gasteiger partial charge in [-0.1, -0.05) is 29.8 Å². The van der Waals surface area contributed by atoms with Gasteiger partial charge in [0, 0.05) is 31.4 Å². The van der Waals surface area contributed by atoms with Crippen LogP contribution in [0, 0.1) is 6.92 Å². The fraction of sp³-hybridized carbons (Fsp3) is 0.409. The van der Waals surface area contributed by atoms with Crippen LogP contribution in [0.5, 0.6) is 5.75 Å². The number of ether oxygens (including phenoxy) is 1. The molecule has 0 saturated carbocycles. The van der Waals surface area contributed by atoms with E-state index in [1.165, 1.54) is 11.3 Å². The summed E-state index contributed by atoms with van der Waals surface area (Å²) in [5.41, 5.74) is 3.59. The molecule has 0 atom stereocenters. The van der Waals surface area contributed by atoms with Gasteiger partial charge in [-0.15, -0.1) is 0 Å². The lowest BCUT2D eigenvalue weighted by atomic mass is 10.0. The highest BCUT2D eigenvalue weighted by Crippen LogP contribution is 2.24. The van der Waals surface area contributed by atoms with Gasteiger partial charge >= 0.3 is 5.97 Å². The van der Waals surface area contributed by atoms with E-state index in [-0.39, 0.29) is 12.6 Å². The summed E-state index contributed by atoms with van der Waals surface area (Å²) >= 11 is 0. The molecule has 2 aromatic carbocycles. The number of rotatable bonds is 7. The van der Waals surface area contributed by atoms with Gasteiger partial charge in [0.05, 0.1) is 13.7 Å². The van der Waals surface area contributed by atoms with E-state index >= 15 is 0 Å². The van der Waals surface area contributed by atoms with Crippen LogP contribution in [0.4, 0.5) is 5.69 Å². The Morgan fingerprint density at radius 1 is 1.19 bits per heavy atom. The number of hydrogen-bond acceptors (Lipinski definition) is 4. The highest BCUT2D eigenvalue weighted by atomic mass is 16.5. The first kappa shape index (κ1) is 19.2. The number of aryl methyl sites for hydroxylation is 1. The Morgan fingerprint density at radius 2 is 1.89 bits per heavy atom. The second-order valence-electron chi connectivity index (χ2n) is 7.20. The fourth-order valence-corrected chi connectivity index (χ4v) is 3.74. The topological polar surface area (TPSA) is 53.0 Å². The van der Waals surface area contributed by atoms with Crippen LogP contribution in [-0.4, -0.2) is 48.8 Å². The Balaban J connectivity index is 1.65. The molecule has 27 heavy (non-hydrogen) atoms. The number of carboxylic acids is 1. The summed E-state index contributed by atoms with van der Waals surface area (Å²) in [6.45, 7) is 4.67. The Hall–Kier alpha value is -2.53. The van der Waals surface area contributed by atoms with E-state index in [2.05, 4.69) is 41.0 Å². The van der Waals surface area contributed by atoms with Crippen molar-refractivity contribution in [2.45, 2.75) is 32.4 Å². The molecule has 1 aliphatic heterocycles. The van der Waals surface area contributed by atoms with Gasteiger partial charge in [-0.25, -0.2) is 0 Å². The summed E-state index contributed by atoms with van der Waals surface area (Å²) in [5, 5.41) is 9.37. The Bertz CT molecular complexity index is 752. The Morgan fingerprint density at radius 3 is 2.52 bits per heavy atom. The van der Waals surface area contributed by atoms with Crippen LogP contribution in [0.15, 0.2) is 48.5 Å². The van der Waals surface area contributed by atoms with Gasteiger partial charge in [-0.2, -0.15) is 0 Å². The molecular weight excluding hydrogens is 340 g/mol. The lowest BCUT2D eigenvalue weighted by molar-refractivity contribution is -0.139. The van der Waals surface area contributed by atoms with Gasteiger partial charge < -0.3 is 14.7 Å². The summed E-state index contributed by atoms with van der Waals surface area (Å²) in [7, 11) is 1.65. The minimum atomic E-state index is -0.779. The van der Waals surface area contributed by atoms with Crippen molar-refractivity contribution in [2.24, 2.45) is 0 Å². The zero-order chi connectivity index (χ0) is 19.2. The second kappa shape index (κ2) is 8.91. The van der Waals surface area contributed by atoms with Crippen molar-refractivity contribution in [3.8, 4) is 5.75 Å². The average Bonchev–Trinajstić information content (AvgIpc) is 2.68. The molecule has 5 heteroatoms. The first-order valence-electron chi connectivity index (χ1n) is 9.45. The normalized spacial score (nSPS) is 15.1. The third-order valence-corrected chi connectivity index (χ3v) is 5.24. The number of methoxy groups -OCH3 is 1. The Labute approximate surface area is 161 Å². The predicted octanol–water partition coefficient (Wildman–Crippen LogP) is 3.56. The summed E-state index contributed by atoms with van der Waals surface area (Å²) in [6.07, 6.45) is 1.93. The quantitative estimate of drug-likeness (QED) is 0.810. The Kier molecular flexibility index (Phi) is 6.35. The minimum absolute atomic E-state index is 0.0619. The molecule has 0 bridgehead atoms. The molecule has 3 rings (SSSR count). The van der Waals surface area contributed by atoms with Crippen LogP contribution >= 0.6 is 0 Å². The number of anilines is 1. The molecule has 2 aromatic rings. The van der Waals surface area contributed by atoms with E-state index < -0.39 is 5.97 Å². The molecular formula is C22H28N2O3. The first-order chi connectivity index (χ1) is 13.0. The van der Waals surface area contributed by atoms with Crippen LogP contribution in [-0.2, 0) is 11.3 Å². The summed E-state index contributed by atoms with van der Waals surface area (Å²) in [4.78, 5) is 15.9. The van der Waals surface area contributed by atoms with Gasteiger partial charge in [0.15, 0.2) is 0 Å². The van der Waals surface area contributed by atoms with Crippen molar-refractivity contribution in [2.75, 3.05) is 31.6 Å². The van der Waals surface area contributed by atoms with Gasteiger partial charge in [-0.3, -0.25) is 9.69 Å². The first-order valence-corrected chi connectivity index (χ1v) is 9.45. The minimum Gasteiger partial charge on any atom is -0.497 e. The monoisotopic (exact) mass is 368 g/mol.